The molecule has 0 aliphatic heterocycles. The number of nitrogens with zero attached hydrogens (tertiary/aromatic N) is 2. The Kier molecular flexibility index (Phi) is 4.35. The van der Waals surface area contributed by atoms with Gasteiger partial charge in [0.2, 0.25) is 0 Å². The third-order valence-electron chi connectivity index (χ3n) is 2.45. The average Bonchev–Trinajstić information content (AvgIpc) is 2.43. The van der Waals surface area contributed by atoms with Gasteiger partial charge in [-0.15, -0.1) is 0 Å². The number of carbonyl (C=O) groups is 1. The Morgan fingerprint density at radius 1 is 1.33 bits per heavy atom. The number of hydrogen-bond acceptors (Lipinski definition) is 4. The minimum atomic E-state index is -0.747. The summed E-state index contributed by atoms with van der Waals surface area (Å²) in [6.45, 7) is 0. The van der Waals surface area contributed by atoms with Crippen LogP contribution in [-0.4, -0.2) is 15.8 Å². The molecular weight excluding hydrogens is 324 g/mol. The number of nitro benzene ring substituents is 1. The van der Waals surface area contributed by atoms with Crippen molar-refractivity contribution >= 4 is 40.5 Å². The Labute approximate surface area is 127 Å². The smallest absolute Gasteiger partial charge is 0.289 e. The Morgan fingerprint density at radius 3 is 2.71 bits per heavy atom. The van der Waals surface area contributed by atoms with Crippen LogP contribution < -0.4 is 5.32 Å². The van der Waals surface area contributed by atoms with Crippen molar-refractivity contribution in [2.24, 2.45) is 0 Å². The molecule has 0 fully saturated rings. The molecule has 2 aromatic rings. The van der Waals surface area contributed by atoms with Crippen molar-refractivity contribution in [3.63, 3.8) is 0 Å². The van der Waals surface area contributed by atoms with Crippen molar-refractivity contribution in [2.75, 3.05) is 5.32 Å². The van der Waals surface area contributed by atoms with Gasteiger partial charge in [-0.2, -0.15) is 0 Å². The zero-order valence-corrected chi connectivity index (χ0v) is 11.7. The van der Waals surface area contributed by atoms with Crippen LogP contribution in [0.3, 0.4) is 0 Å². The first-order valence-corrected chi connectivity index (χ1v) is 6.20. The predicted octanol–water partition coefficient (Wildman–Crippen LogP) is 3.69. The van der Waals surface area contributed by atoms with Crippen molar-refractivity contribution in [3.05, 3.63) is 62.1 Å². The molecule has 21 heavy (non-hydrogen) atoms. The lowest BCUT2D eigenvalue weighted by molar-refractivity contribution is -0.384. The van der Waals surface area contributed by atoms with E-state index in [2.05, 4.69) is 10.3 Å². The highest BCUT2D eigenvalue weighted by atomic mass is 35.5. The van der Waals surface area contributed by atoms with Crippen LogP contribution in [0.4, 0.5) is 15.8 Å². The second-order valence-corrected chi connectivity index (χ2v) is 4.63. The number of nitro groups is 1. The monoisotopic (exact) mass is 329 g/mol. The van der Waals surface area contributed by atoms with E-state index in [0.717, 1.165) is 18.3 Å². The van der Waals surface area contributed by atoms with Crippen molar-refractivity contribution in [1.82, 2.24) is 4.98 Å². The van der Waals surface area contributed by atoms with Crippen LogP contribution >= 0.6 is 23.2 Å². The van der Waals surface area contributed by atoms with E-state index in [4.69, 9.17) is 23.2 Å². The van der Waals surface area contributed by atoms with E-state index < -0.39 is 16.6 Å². The molecule has 1 heterocycles. The average molecular weight is 330 g/mol. The molecular formula is C12H6Cl2FN3O3. The number of halogens is 3. The number of carbonyl (C=O) groups excluding carboxylic acids is 1. The molecule has 0 atom stereocenters. The lowest BCUT2D eigenvalue weighted by atomic mass is 10.2. The highest BCUT2D eigenvalue weighted by Gasteiger charge is 2.16. The fraction of sp³-hybridized carbons (Fsp3) is 0. The van der Waals surface area contributed by atoms with Crippen LogP contribution in [0.5, 0.6) is 0 Å². The molecule has 1 N–H and O–H groups in total. The van der Waals surface area contributed by atoms with E-state index in [1.54, 1.807) is 0 Å². The fourth-order valence-electron chi connectivity index (χ4n) is 1.51. The van der Waals surface area contributed by atoms with Gasteiger partial charge in [0.25, 0.3) is 11.6 Å². The van der Waals surface area contributed by atoms with Crippen molar-refractivity contribution in [1.29, 1.82) is 0 Å². The van der Waals surface area contributed by atoms with Crippen LogP contribution in [-0.2, 0) is 0 Å². The van der Waals surface area contributed by atoms with E-state index in [1.165, 1.54) is 12.1 Å². The van der Waals surface area contributed by atoms with E-state index in [9.17, 15) is 19.3 Å². The quantitative estimate of drug-likeness (QED) is 0.528. The van der Waals surface area contributed by atoms with Crippen LogP contribution in [0.2, 0.25) is 10.2 Å². The van der Waals surface area contributed by atoms with E-state index in [0.29, 0.717) is 0 Å². The first kappa shape index (κ1) is 15.1. The molecule has 6 nitrogen and oxygen atoms in total. The van der Waals surface area contributed by atoms with Crippen LogP contribution in [0.25, 0.3) is 0 Å². The summed E-state index contributed by atoms with van der Waals surface area (Å²) in [5, 5.41) is 12.9. The van der Waals surface area contributed by atoms with E-state index in [1.807, 2.05) is 0 Å². The third kappa shape index (κ3) is 3.45. The van der Waals surface area contributed by atoms with E-state index in [-0.39, 0.29) is 27.1 Å². The Hall–Kier alpha value is -2.25. The summed E-state index contributed by atoms with van der Waals surface area (Å²) >= 11 is 11.4. The summed E-state index contributed by atoms with van der Waals surface area (Å²) < 4.78 is 13.1. The fourth-order valence-corrected chi connectivity index (χ4v) is 1.89. The number of hydrogen-bond donors (Lipinski definition) is 1. The number of aromatic nitrogens is 1. The molecule has 0 saturated carbocycles. The molecule has 0 radical (unpaired) electrons. The maximum Gasteiger partial charge on any atom is 0.289 e. The second-order valence-electron chi connectivity index (χ2n) is 3.87. The summed E-state index contributed by atoms with van der Waals surface area (Å²) in [6.07, 6.45) is 0.867. The standard InChI is InChI=1S/C12H6Cl2FN3O3/c13-9-2-1-7(4-10(9)18(20)21)17-12(19)8-3-6(15)5-16-11(8)14/h1-5H,(H,17,19). The van der Waals surface area contributed by atoms with Crippen molar-refractivity contribution in [3.8, 4) is 0 Å². The predicted molar refractivity (Wildman–Crippen MR) is 75.3 cm³/mol. The Balaban J connectivity index is 2.29. The van der Waals surface area contributed by atoms with Gasteiger partial charge in [-0.1, -0.05) is 23.2 Å². The van der Waals surface area contributed by atoms with Crippen LogP contribution in [0, 0.1) is 15.9 Å². The summed E-state index contributed by atoms with van der Waals surface area (Å²) in [6, 6.07) is 4.63. The normalized spacial score (nSPS) is 10.2. The summed E-state index contributed by atoms with van der Waals surface area (Å²) in [7, 11) is 0. The van der Waals surface area contributed by atoms with Crippen molar-refractivity contribution < 1.29 is 14.1 Å². The van der Waals surface area contributed by atoms with Gasteiger partial charge < -0.3 is 5.32 Å². The lowest BCUT2D eigenvalue weighted by Crippen LogP contribution is -2.13. The number of pyridine rings is 1. The molecule has 1 aromatic carbocycles. The zero-order valence-electron chi connectivity index (χ0n) is 10.1. The van der Waals surface area contributed by atoms with Gasteiger partial charge in [0, 0.05) is 11.8 Å². The topological polar surface area (TPSA) is 85.1 Å². The molecule has 2 rings (SSSR count). The molecule has 0 saturated heterocycles. The highest BCUT2D eigenvalue weighted by Crippen LogP contribution is 2.27. The van der Waals surface area contributed by atoms with Gasteiger partial charge >= 0.3 is 0 Å². The molecule has 9 heteroatoms. The number of rotatable bonds is 3. The second kappa shape index (κ2) is 6.02. The molecule has 0 aliphatic rings. The first-order chi connectivity index (χ1) is 9.88. The maximum atomic E-state index is 13.1. The van der Waals surface area contributed by atoms with E-state index >= 15 is 0 Å². The van der Waals surface area contributed by atoms with Gasteiger partial charge in [-0.25, -0.2) is 9.37 Å². The molecule has 0 unspecified atom stereocenters. The number of anilines is 1. The first-order valence-electron chi connectivity index (χ1n) is 5.45. The van der Waals surface area contributed by atoms with Gasteiger partial charge in [-0.3, -0.25) is 14.9 Å². The molecule has 1 aromatic heterocycles. The lowest BCUT2D eigenvalue weighted by Gasteiger charge is -2.06. The summed E-state index contributed by atoms with van der Waals surface area (Å²) in [5.41, 5.74) is -0.427. The molecule has 1 amide bonds. The third-order valence-corrected chi connectivity index (χ3v) is 3.07. The number of amides is 1. The molecule has 0 aliphatic carbocycles. The van der Waals surface area contributed by atoms with Gasteiger partial charge in [0.1, 0.15) is 16.0 Å². The summed E-state index contributed by atoms with van der Waals surface area (Å²) in [5.74, 6) is -1.48. The number of nitrogens with one attached hydrogen (secondary N) is 1. The number of benzene rings is 1. The largest absolute Gasteiger partial charge is 0.322 e. The zero-order chi connectivity index (χ0) is 15.6. The van der Waals surface area contributed by atoms with Gasteiger partial charge in [0.05, 0.1) is 16.7 Å². The van der Waals surface area contributed by atoms with Gasteiger partial charge in [0.15, 0.2) is 0 Å². The summed E-state index contributed by atoms with van der Waals surface area (Å²) in [4.78, 5) is 25.5. The van der Waals surface area contributed by atoms with Gasteiger partial charge in [-0.05, 0) is 18.2 Å². The molecule has 0 bridgehead atoms. The van der Waals surface area contributed by atoms with Crippen LogP contribution in [0.15, 0.2) is 30.5 Å². The Bertz CT molecular complexity index is 740. The van der Waals surface area contributed by atoms with Crippen molar-refractivity contribution in [2.45, 2.75) is 0 Å². The molecule has 108 valence electrons. The Morgan fingerprint density at radius 2 is 2.05 bits per heavy atom. The van der Waals surface area contributed by atoms with Crippen LogP contribution in [0.1, 0.15) is 10.4 Å². The highest BCUT2D eigenvalue weighted by molar-refractivity contribution is 6.33. The minimum absolute atomic E-state index is 0.0662. The minimum Gasteiger partial charge on any atom is -0.322 e. The SMILES string of the molecule is O=C(Nc1ccc(Cl)c([N+](=O)[O-])c1)c1cc(F)cnc1Cl. The molecule has 0 spiro atoms. The maximum absolute atomic E-state index is 13.1.